The van der Waals surface area contributed by atoms with Crippen LogP contribution in [0.1, 0.15) is 12.0 Å². The van der Waals surface area contributed by atoms with Crippen LogP contribution >= 0.6 is 0 Å². The maximum atomic E-state index is 11.9. The molecule has 0 radical (unpaired) electrons. The van der Waals surface area contributed by atoms with Crippen LogP contribution in [-0.4, -0.2) is 44.4 Å². The number of anilines is 1. The number of hydrogen-bond donors (Lipinski definition) is 1. The van der Waals surface area contributed by atoms with Gasteiger partial charge in [0.25, 0.3) is 0 Å². The normalized spacial score (nSPS) is 10.9. The molecule has 0 aliphatic carbocycles. The molecule has 1 N–H and O–H groups in total. The van der Waals surface area contributed by atoms with Gasteiger partial charge in [-0.15, -0.1) is 0 Å². The van der Waals surface area contributed by atoms with Crippen LogP contribution in [0.3, 0.4) is 0 Å². The summed E-state index contributed by atoms with van der Waals surface area (Å²) in [6.45, 7) is -0.0156. The molecule has 1 aromatic heterocycles. The first-order chi connectivity index (χ1) is 9.39. The van der Waals surface area contributed by atoms with E-state index < -0.39 is 16.2 Å². The van der Waals surface area contributed by atoms with E-state index in [1.165, 1.54) is 32.5 Å². The second-order valence-electron chi connectivity index (χ2n) is 3.80. The Morgan fingerprint density at radius 2 is 2.25 bits per heavy atom. The molecule has 1 rings (SSSR count). The highest BCUT2D eigenvalue weighted by Gasteiger charge is 2.19. The van der Waals surface area contributed by atoms with Crippen LogP contribution in [0.2, 0.25) is 0 Å². The predicted octanol–water partition coefficient (Wildman–Crippen LogP) is 0.105. The molecule has 0 atom stereocenters. The molecule has 0 saturated heterocycles. The van der Waals surface area contributed by atoms with E-state index in [0.29, 0.717) is 5.56 Å². The van der Waals surface area contributed by atoms with Crippen LogP contribution in [0.4, 0.5) is 5.82 Å². The fourth-order valence-electron chi connectivity index (χ4n) is 1.20. The Morgan fingerprint density at radius 1 is 1.55 bits per heavy atom. The lowest BCUT2D eigenvalue weighted by molar-refractivity contribution is -0.140. The van der Waals surface area contributed by atoms with E-state index in [9.17, 15) is 13.2 Å². The smallest absolute Gasteiger partial charge is 0.306 e. The minimum Gasteiger partial charge on any atom is -0.469 e. The molecule has 9 heteroatoms. The SMILES string of the molecule is COC(=O)CCN(C)S(=O)(=O)Nc1ccc(C#N)cn1. The molecule has 108 valence electrons. The van der Waals surface area contributed by atoms with Crippen LogP contribution in [0.25, 0.3) is 0 Å². The molecule has 0 amide bonds. The van der Waals surface area contributed by atoms with E-state index in [0.717, 1.165) is 4.31 Å². The van der Waals surface area contributed by atoms with Crippen molar-refractivity contribution in [1.82, 2.24) is 9.29 Å². The maximum Gasteiger partial charge on any atom is 0.306 e. The summed E-state index contributed by atoms with van der Waals surface area (Å²) in [6, 6.07) is 4.70. The van der Waals surface area contributed by atoms with Crippen molar-refractivity contribution in [2.24, 2.45) is 0 Å². The van der Waals surface area contributed by atoms with Gasteiger partial charge in [0.05, 0.1) is 19.1 Å². The minimum atomic E-state index is -3.81. The van der Waals surface area contributed by atoms with Crippen molar-refractivity contribution >= 4 is 22.0 Å². The van der Waals surface area contributed by atoms with Crippen molar-refractivity contribution < 1.29 is 17.9 Å². The number of aromatic nitrogens is 1. The highest BCUT2D eigenvalue weighted by atomic mass is 32.2. The Labute approximate surface area is 117 Å². The number of carbonyl (C=O) groups excluding carboxylic acids is 1. The average molecular weight is 298 g/mol. The number of ether oxygens (including phenoxy) is 1. The molecule has 0 saturated carbocycles. The third-order valence-electron chi connectivity index (χ3n) is 2.39. The summed E-state index contributed by atoms with van der Waals surface area (Å²) in [5.41, 5.74) is 0.326. The fourth-order valence-corrected chi connectivity index (χ4v) is 2.07. The van der Waals surface area contributed by atoms with Crippen LogP contribution in [0.15, 0.2) is 18.3 Å². The first-order valence-electron chi connectivity index (χ1n) is 5.56. The summed E-state index contributed by atoms with van der Waals surface area (Å²) in [6.07, 6.45) is 1.21. The monoisotopic (exact) mass is 298 g/mol. The summed E-state index contributed by atoms with van der Waals surface area (Å²) in [5, 5.41) is 8.61. The highest BCUT2D eigenvalue weighted by molar-refractivity contribution is 7.90. The second kappa shape index (κ2) is 6.83. The Kier molecular flexibility index (Phi) is 5.42. The van der Waals surface area contributed by atoms with Gasteiger partial charge >= 0.3 is 16.2 Å². The van der Waals surface area contributed by atoms with Gasteiger partial charge in [-0.1, -0.05) is 0 Å². The van der Waals surface area contributed by atoms with Gasteiger partial charge in [0.15, 0.2) is 0 Å². The number of esters is 1. The molecular weight excluding hydrogens is 284 g/mol. The number of nitriles is 1. The summed E-state index contributed by atoms with van der Waals surface area (Å²) in [5.74, 6) is -0.405. The molecule has 1 aromatic rings. The van der Waals surface area contributed by atoms with Gasteiger partial charge < -0.3 is 4.74 Å². The summed E-state index contributed by atoms with van der Waals surface area (Å²) < 4.78 is 31.5. The average Bonchev–Trinajstić information content (AvgIpc) is 2.44. The fraction of sp³-hybridized carbons (Fsp3) is 0.364. The number of rotatable bonds is 6. The number of nitrogens with one attached hydrogen (secondary N) is 1. The molecule has 0 bridgehead atoms. The standard InChI is InChI=1S/C11H14N4O4S/c1-15(6-5-11(16)19-2)20(17,18)14-10-4-3-9(7-12)8-13-10/h3-4,8H,5-6H2,1-2H3,(H,13,14). The van der Waals surface area contributed by atoms with Crippen molar-refractivity contribution in [3.05, 3.63) is 23.9 Å². The highest BCUT2D eigenvalue weighted by Crippen LogP contribution is 2.08. The van der Waals surface area contributed by atoms with E-state index >= 15 is 0 Å². The van der Waals surface area contributed by atoms with Gasteiger partial charge in [0.1, 0.15) is 11.9 Å². The Bertz CT molecular complexity index is 606. The van der Waals surface area contributed by atoms with Crippen LogP contribution < -0.4 is 4.72 Å². The first kappa shape index (κ1) is 15.9. The van der Waals surface area contributed by atoms with Gasteiger partial charge in [-0.3, -0.25) is 9.52 Å². The predicted molar refractivity (Wildman–Crippen MR) is 70.8 cm³/mol. The molecule has 0 aliphatic rings. The van der Waals surface area contributed by atoms with Gasteiger partial charge in [-0.05, 0) is 12.1 Å². The molecule has 0 unspecified atom stereocenters. The lowest BCUT2D eigenvalue weighted by Gasteiger charge is -2.17. The van der Waals surface area contributed by atoms with Gasteiger partial charge in [-0.2, -0.15) is 18.0 Å². The maximum absolute atomic E-state index is 11.9. The number of pyridine rings is 1. The number of nitrogens with zero attached hydrogens (tertiary/aromatic N) is 3. The van der Waals surface area contributed by atoms with Gasteiger partial charge in [0, 0.05) is 19.8 Å². The molecule has 20 heavy (non-hydrogen) atoms. The third-order valence-corrected chi connectivity index (χ3v) is 3.87. The Hall–Kier alpha value is -2.18. The molecular formula is C11H14N4O4S. The lowest BCUT2D eigenvalue weighted by atomic mass is 10.3. The van der Waals surface area contributed by atoms with Gasteiger partial charge in [-0.25, -0.2) is 4.98 Å². The van der Waals surface area contributed by atoms with Crippen LogP contribution in [0, 0.1) is 11.3 Å². The Balaban J connectivity index is 2.68. The van der Waals surface area contributed by atoms with Crippen molar-refractivity contribution in [3.63, 3.8) is 0 Å². The van der Waals surface area contributed by atoms with Crippen LogP contribution in [0.5, 0.6) is 0 Å². The molecule has 0 fully saturated rings. The lowest BCUT2D eigenvalue weighted by Crippen LogP contribution is -2.34. The van der Waals surface area contributed by atoms with E-state index in [4.69, 9.17) is 5.26 Å². The van der Waals surface area contributed by atoms with Crippen molar-refractivity contribution in [3.8, 4) is 6.07 Å². The zero-order valence-corrected chi connectivity index (χ0v) is 11.8. The summed E-state index contributed by atoms with van der Waals surface area (Å²) in [7, 11) is -1.25. The van der Waals surface area contributed by atoms with E-state index in [1.54, 1.807) is 0 Å². The van der Waals surface area contributed by atoms with E-state index in [-0.39, 0.29) is 18.8 Å². The summed E-state index contributed by atoms with van der Waals surface area (Å²) >= 11 is 0. The number of carbonyl (C=O) groups is 1. The quantitative estimate of drug-likeness (QED) is 0.746. The second-order valence-corrected chi connectivity index (χ2v) is 5.58. The van der Waals surface area contributed by atoms with E-state index in [1.807, 2.05) is 6.07 Å². The number of hydrogen-bond acceptors (Lipinski definition) is 6. The van der Waals surface area contributed by atoms with Crippen LogP contribution in [-0.2, 0) is 19.7 Å². The van der Waals surface area contributed by atoms with Crippen molar-refractivity contribution in [2.75, 3.05) is 25.4 Å². The number of methoxy groups -OCH3 is 1. The molecule has 0 aliphatic heterocycles. The van der Waals surface area contributed by atoms with Crippen molar-refractivity contribution in [1.29, 1.82) is 5.26 Å². The minimum absolute atomic E-state index is 0.0156. The Morgan fingerprint density at radius 3 is 2.75 bits per heavy atom. The largest absolute Gasteiger partial charge is 0.469 e. The zero-order chi connectivity index (χ0) is 15.2. The van der Waals surface area contributed by atoms with Crippen molar-refractivity contribution in [2.45, 2.75) is 6.42 Å². The van der Waals surface area contributed by atoms with E-state index in [2.05, 4.69) is 14.4 Å². The zero-order valence-electron chi connectivity index (χ0n) is 11.0. The topological polar surface area (TPSA) is 112 Å². The molecule has 1 heterocycles. The molecule has 0 spiro atoms. The third kappa shape index (κ3) is 4.49. The van der Waals surface area contributed by atoms with Gasteiger partial charge in [0.2, 0.25) is 0 Å². The molecule has 8 nitrogen and oxygen atoms in total. The molecule has 0 aromatic carbocycles. The first-order valence-corrected chi connectivity index (χ1v) is 7.00. The summed E-state index contributed by atoms with van der Waals surface area (Å²) in [4.78, 5) is 14.8.